The molecule has 0 saturated carbocycles. The van der Waals surface area contributed by atoms with E-state index >= 15 is 0 Å². The van der Waals surface area contributed by atoms with E-state index in [0.29, 0.717) is 19.3 Å². The third-order valence-electron chi connectivity index (χ3n) is 12.9. The average molecular weight is 928 g/mol. The molecule has 0 aliphatic heterocycles. The summed E-state index contributed by atoms with van der Waals surface area (Å²) in [5.74, 6) is -0.876. The highest BCUT2D eigenvalue weighted by Gasteiger charge is 2.19. The maximum absolute atomic E-state index is 12.8. The maximum atomic E-state index is 12.8. The number of hydrogen-bond donors (Lipinski definition) is 0. The van der Waals surface area contributed by atoms with E-state index in [1.807, 2.05) is 0 Å². The Bertz CT molecular complexity index is 1110. The molecule has 6 nitrogen and oxygen atoms in total. The molecule has 0 spiro atoms. The van der Waals surface area contributed by atoms with E-state index in [1.54, 1.807) is 0 Å². The van der Waals surface area contributed by atoms with Crippen LogP contribution in [-0.4, -0.2) is 37.2 Å². The number of esters is 3. The molecule has 0 aliphatic rings. The van der Waals surface area contributed by atoms with Gasteiger partial charge in [0, 0.05) is 19.3 Å². The van der Waals surface area contributed by atoms with Crippen LogP contribution in [0.2, 0.25) is 0 Å². The Morgan fingerprint density at radius 1 is 0.303 bits per heavy atom. The molecule has 0 amide bonds. The fourth-order valence-corrected chi connectivity index (χ4v) is 8.47. The Labute approximate surface area is 410 Å². The molecule has 0 bridgehead atoms. The number of unbranched alkanes of at least 4 members (excludes halogenated alkanes) is 36. The molecule has 386 valence electrons. The minimum Gasteiger partial charge on any atom is -0.462 e. The van der Waals surface area contributed by atoms with Gasteiger partial charge in [-0.05, 0) is 77.0 Å². The molecule has 1 unspecified atom stereocenters. The van der Waals surface area contributed by atoms with Crippen molar-refractivity contribution in [2.75, 3.05) is 13.2 Å². The molecule has 0 fully saturated rings. The first-order chi connectivity index (χ1) is 32.5. The molecule has 66 heavy (non-hydrogen) atoms. The van der Waals surface area contributed by atoms with Crippen molar-refractivity contribution in [1.82, 2.24) is 0 Å². The third kappa shape index (κ3) is 52.6. The van der Waals surface area contributed by atoms with Crippen LogP contribution in [0.25, 0.3) is 0 Å². The average Bonchev–Trinajstić information content (AvgIpc) is 3.31. The lowest BCUT2D eigenvalue weighted by Crippen LogP contribution is -2.30. The van der Waals surface area contributed by atoms with Gasteiger partial charge in [0.15, 0.2) is 6.10 Å². The summed E-state index contributed by atoms with van der Waals surface area (Å²) in [6.45, 7) is 6.63. The van der Waals surface area contributed by atoms with Crippen LogP contribution in [0.3, 0.4) is 0 Å². The van der Waals surface area contributed by atoms with Gasteiger partial charge in [-0.3, -0.25) is 14.4 Å². The van der Waals surface area contributed by atoms with Gasteiger partial charge >= 0.3 is 17.9 Å². The number of carbonyl (C=O) groups is 3. The lowest BCUT2D eigenvalue weighted by molar-refractivity contribution is -0.167. The second kappa shape index (κ2) is 55.2. The van der Waals surface area contributed by atoms with Gasteiger partial charge in [-0.1, -0.05) is 250 Å². The Morgan fingerprint density at radius 3 is 0.879 bits per heavy atom. The summed E-state index contributed by atoms with van der Waals surface area (Å²) in [5.41, 5.74) is 0. The highest BCUT2D eigenvalue weighted by atomic mass is 16.6. The first-order valence-electron chi connectivity index (χ1n) is 29.0. The van der Waals surface area contributed by atoms with Crippen molar-refractivity contribution < 1.29 is 28.6 Å². The molecular formula is C60H110O6. The van der Waals surface area contributed by atoms with E-state index in [1.165, 1.54) is 186 Å². The van der Waals surface area contributed by atoms with Crippen LogP contribution in [0.1, 0.15) is 310 Å². The first kappa shape index (κ1) is 63.6. The van der Waals surface area contributed by atoms with Crippen molar-refractivity contribution in [3.05, 3.63) is 36.5 Å². The number of hydrogen-bond acceptors (Lipinski definition) is 6. The Balaban J connectivity index is 4.30. The SMILES string of the molecule is CCCCC/C=C\C/C=C\CCCCCCCC(=O)OC(COC(=O)CCCCCCCCCCC/C=C\CCCCCCCCCC)COC(=O)CCCCCCCCCCCCCC. The molecule has 0 aromatic rings. The minimum atomic E-state index is -0.777. The molecule has 0 aromatic carbocycles. The molecule has 0 saturated heterocycles. The van der Waals surface area contributed by atoms with Gasteiger partial charge in [-0.2, -0.15) is 0 Å². The van der Waals surface area contributed by atoms with Crippen LogP contribution < -0.4 is 0 Å². The lowest BCUT2D eigenvalue weighted by Gasteiger charge is -2.18. The molecular weight excluding hydrogens is 817 g/mol. The minimum absolute atomic E-state index is 0.0751. The quantitative estimate of drug-likeness (QED) is 0.0262. The fourth-order valence-electron chi connectivity index (χ4n) is 8.47. The van der Waals surface area contributed by atoms with Crippen molar-refractivity contribution >= 4 is 17.9 Å². The summed E-state index contributed by atoms with van der Waals surface area (Å²) in [4.78, 5) is 38.1. The van der Waals surface area contributed by atoms with Gasteiger partial charge < -0.3 is 14.2 Å². The summed E-state index contributed by atoms with van der Waals surface area (Å²) in [7, 11) is 0. The number of rotatable bonds is 53. The fraction of sp³-hybridized carbons (Fsp3) is 0.850. The van der Waals surface area contributed by atoms with Gasteiger partial charge in [-0.25, -0.2) is 0 Å². The zero-order chi connectivity index (χ0) is 47.9. The molecule has 0 radical (unpaired) electrons. The number of carbonyl (C=O) groups excluding carboxylic acids is 3. The largest absolute Gasteiger partial charge is 0.462 e. The first-order valence-corrected chi connectivity index (χ1v) is 29.0. The Hall–Kier alpha value is -2.37. The zero-order valence-electron chi connectivity index (χ0n) is 44.2. The van der Waals surface area contributed by atoms with Gasteiger partial charge in [0.25, 0.3) is 0 Å². The highest BCUT2D eigenvalue weighted by molar-refractivity contribution is 5.71. The van der Waals surface area contributed by atoms with Crippen molar-refractivity contribution in [2.45, 2.75) is 316 Å². The normalized spacial score (nSPS) is 12.2. The van der Waals surface area contributed by atoms with E-state index in [0.717, 1.165) is 83.5 Å². The van der Waals surface area contributed by atoms with Crippen LogP contribution in [0.15, 0.2) is 36.5 Å². The van der Waals surface area contributed by atoms with Gasteiger partial charge in [0.05, 0.1) is 0 Å². The van der Waals surface area contributed by atoms with Crippen molar-refractivity contribution in [3.63, 3.8) is 0 Å². The number of ether oxygens (including phenoxy) is 3. The van der Waals surface area contributed by atoms with Crippen LogP contribution in [0.5, 0.6) is 0 Å². The van der Waals surface area contributed by atoms with Crippen LogP contribution in [0, 0.1) is 0 Å². The summed E-state index contributed by atoms with van der Waals surface area (Å²) < 4.78 is 16.9. The van der Waals surface area contributed by atoms with E-state index < -0.39 is 6.10 Å². The standard InChI is InChI=1S/C60H110O6/c1-4-7-10-13-16-19-22-25-27-28-29-30-31-32-34-35-38-41-44-47-50-53-59(62)65-56-57(55-64-58(61)52-49-46-43-40-37-24-21-18-15-12-9-6-3)66-60(63)54-51-48-45-42-39-36-33-26-23-20-17-14-11-8-5-2/h17,20,26,28-29,33,57H,4-16,18-19,21-25,27,30-32,34-56H2,1-3H3/b20-17-,29-28-,33-26-. The van der Waals surface area contributed by atoms with E-state index in [9.17, 15) is 14.4 Å². The van der Waals surface area contributed by atoms with Crippen molar-refractivity contribution in [2.24, 2.45) is 0 Å². The van der Waals surface area contributed by atoms with E-state index in [2.05, 4.69) is 57.2 Å². The van der Waals surface area contributed by atoms with Crippen LogP contribution in [0.4, 0.5) is 0 Å². The van der Waals surface area contributed by atoms with Crippen LogP contribution in [-0.2, 0) is 28.6 Å². The predicted molar refractivity (Wildman–Crippen MR) is 284 cm³/mol. The second-order valence-electron chi connectivity index (χ2n) is 19.6. The van der Waals surface area contributed by atoms with Crippen LogP contribution >= 0.6 is 0 Å². The molecule has 0 aliphatic carbocycles. The topological polar surface area (TPSA) is 78.9 Å². The Morgan fingerprint density at radius 2 is 0.545 bits per heavy atom. The van der Waals surface area contributed by atoms with Crippen molar-refractivity contribution in [3.8, 4) is 0 Å². The number of allylic oxidation sites excluding steroid dienone is 6. The van der Waals surface area contributed by atoms with Crippen molar-refractivity contribution in [1.29, 1.82) is 0 Å². The molecule has 0 aromatic heterocycles. The molecule has 0 N–H and O–H groups in total. The lowest BCUT2D eigenvalue weighted by atomic mass is 10.0. The highest BCUT2D eigenvalue weighted by Crippen LogP contribution is 2.16. The summed E-state index contributed by atoms with van der Waals surface area (Å²) in [6, 6.07) is 0. The molecule has 1 atom stereocenters. The maximum Gasteiger partial charge on any atom is 0.306 e. The van der Waals surface area contributed by atoms with E-state index in [-0.39, 0.29) is 31.1 Å². The van der Waals surface area contributed by atoms with Gasteiger partial charge in [0.1, 0.15) is 13.2 Å². The van der Waals surface area contributed by atoms with Gasteiger partial charge in [0.2, 0.25) is 0 Å². The molecule has 0 heterocycles. The zero-order valence-corrected chi connectivity index (χ0v) is 44.2. The third-order valence-corrected chi connectivity index (χ3v) is 12.9. The summed E-state index contributed by atoms with van der Waals surface area (Å²) in [5, 5.41) is 0. The monoisotopic (exact) mass is 927 g/mol. The molecule has 0 rings (SSSR count). The molecule has 6 heteroatoms. The summed E-state index contributed by atoms with van der Waals surface area (Å²) >= 11 is 0. The van der Waals surface area contributed by atoms with E-state index in [4.69, 9.17) is 14.2 Å². The van der Waals surface area contributed by atoms with Gasteiger partial charge in [-0.15, -0.1) is 0 Å². The smallest absolute Gasteiger partial charge is 0.306 e. The second-order valence-corrected chi connectivity index (χ2v) is 19.6. The Kier molecular flexibility index (Phi) is 53.2. The summed E-state index contributed by atoms with van der Waals surface area (Å²) in [6.07, 6.45) is 65.6. The predicted octanol–water partition coefficient (Wildman–Crippen LogP) is 19.3.